The molecule has 0 saturated carbocycles. The largest absolute Gasteiger partial charge is 0.308 e. The molecule has 0 amide bonds. The van der Waals surface area contributed by atoms with Gasteiger partial charge in [-0.05, 0) is 66.5 Å². The summed E-state index contributed by atoms with van der Waals surface area (Å²) in [5.41, 5.74) is -9.76. The Bertz CT molecular complexity index is 6740. The number of para-hydroxylation sites is 7. The Kier molecular flexibility index (Phi) is 3.60. The van der Waals surface area contributed by atoms with Crippen molar-refractivity contribution in [1.82, 2.24) is 33.2 Å². The molecule has 0 saturated heterocycles. The molecule has 330 valence electrons. The average Bonchev–Trinajstić information content (AvgIpc) is 1.51. The molecule has 0 aliphatic rings. The van der Waals surface area contributed by atoms with Gasteiger partial charge in [0, 0.05) is 63.3 Å². The molecule has 0 aliphatic heterocycles. The molecule has 0 aliphatic carbocycles. The molecule has 16 aromatic rings. The van der Waals surface area contributed by atoms with Gasteiger partial charge >= 0.3 is 0 Å². The highest BCUT2D eigenvalue weighted by atomic mass is 32.1. The van der Waals surface area contributed by atoms with E-state index in [9.17, 15) is 32.9 Å². The molecule has 71 heavy (non-hydrogen) atoms. The molecule has 8 heteroatoms. The molecule has 0 atom stereocenters. The van der Waals surface area contributed by atoms with Gasteiger partial charge in [0.05, 0.1) is 112 Å². The summed E-state index contributed by atoms with van der Waals surface area (Å²) in [7, 11) is 0. The van der Waals surface area contributed by atoms with Gasteiger partial charge in [-0.25, -0.2) is 0 Å². The van der Waals surface area contributed by atoms with Crippen LogP contribution in [0.15, 0.2) is 224 Å². The number of nitrogens with zero attached hydrogens (tertiary/aromatic N) is 7. The lowest BCUT2D eigenvalue weighted by Gasteiger charge is -2.20. The highest BCUT2D eigenvalue weighted by Crippen LogP contribution is 2.46. The Morgan fingerprint density at radius 1 is 0.296 bits per heavy atom. The summed E-state index contributed by atoms with van der Waals surface area (Å²) >= 11 is 0.540. The number of benzene rings is 10. The standard InChI is InChI=1S/C63H37N7S/c1-9-26-47-38(18-1)39-19-2-10-27-48(39)67(47)54-33-17-34-55(68-49-28-11-7-24-44(49)45-36-37-57-58(60(45)68)46-25-8-16-35-56(46)71-57)59(54)61-64-62(69-50-29-12-3-20-40(50)41-21-4-13-30-51(41)69)66-63(65-61)70-52-31-14-5-22-42(52)43-23-6-15-32-53(43)70/h1-37H/i1D,2D,3D,4D,5D,6D,7D,8D,9D,10D,11D,12D,13D,14D,15D,16D,17D,18D,19D,20D,21D,22D,23D,24D,25D,26D,27D,28D,29D,30D,31D,32D,33D,34D,35D,36D,37D. The maximum atomic E-state index is 10.6. The number of fused-ring (bicyclic) bond motifs is 16. The van der Waals surface area contributed by atoms with Gasteiger partial charge in [-0.3, -0.25) is 9.13 Å². The fourth-order valence-corrected chi connectivity index (χ4v) is 10.3. The van der Waals surface area contributed by atoms with Gasteiger partial charge in [0.15, 0.2) is 5.82 Å². The van der Waals surface area contributed by atoms with Gasteiger partial charge in [0.2, 0.25) is 11.9 Å². The minimum atomic E-state index is -1.31. The number of thiophene rings is 1. The molecule has 0 spiro atoms. The van der Waals surface area contributed by atoms with Crippen LogP contribution in [-0.2, 0) is 0 Å². The Morgan fingerprint density at radius 2 is 0.662 bits per heavy atom. The third kappa shape index (κ3) is 5.34. The zero-order valence-corrected chi connectivity index (χ0v) is 35.9. The first-order valence-corrected chi connectivity index (χ1v) is 21.7. The summed E-state index contributed by atoms with van der Waals surface area (Å²) in [6.07, 6.45) is 0. The normalized spacial score (nSPS) is 19.5. The van der Waals surface area contributed by atoms with Crippen molar-refractivity contribution in [2.75, 3.05) is 0 Å². The van der Waals surface area contributed by atoms with Gasteiger partial charge < -0.3 is 9.13 Å². The van der Waals surface area contributed by atoms with Crippen molar-refractivity contribution >= 4 is 119 Å². The van der Waals surface area contributed by atoms with Crippen LogP contribution >= 0.6 is 11.3 Å². The van der Waals surface area contributed by atoms with Crippen LogP contribution in [0.5, 0.6) is 0 Å². The molecule has 0 N–H and O–H groups in total. The molecule has 16 rings (SSSR count). The van der Waals surface area contributed by atoms with E-state index in [1.54, 1.807) is 0 Å². The van der Waals surface area contributed by atoms with E-state index in [4.69, 9.17) is 32.8 Å². The van der Waals surface area contributed by atoms with Crippen LogP contribution in [0.25, 0.3) is 142 Å². The topological polar surface area (TPSA) is 58.4 Å². The zero-order valence-electron chi connectivity index (χ0n) is 72.0. The maximum absolute atomic E-state index is 10.6. The summed E-state index contributed by atoms with van der Waals surface area (Å²) in [5.74, 6) is -3.56. The lowest BCUT2D eigenvalue weighted by Crippen LogP contribution is -2.12. The van der Waals surface area contributed by atoms with Crippen molar-refractivity contribution in [3.8, 4) is 34.7 Å². The quantitative estimate of drug-likeness (QED) is 0.173. The van der Waals surface area contributed by atoms with Crippen LogP contribution in [0, 0.1) is 0 Å². The Labute approximate surface area is 460 Å². The fraction of sp³-hybridized carbons (Fsp3) is 0. The fourth-order valence-electron chi connectivity index (χ4n) is 9.32. The first-order chi connectivity index (χ1) is 50.6. The maximum Gasteiger partial charge on any atom is 0.240 e. The summed E-state index contributed by atoms with van der Waals surface area (Å²) in [6.45, 7) is 0. The van der Waals surface area contributed by atoms with Gasteiger partial charge in [0.1, 0.15) is 0 Å². The summed E-state index contributed by atoms with van der Waals surface area (Å²) in [5, 5.41) is -6.32. The number of aromatic nitrogens is 7. The minimum Gasteiger partial charge on any atom is -0.308 e. The Hall–Kier alpha value is -9.37. The van der Waals surface area contributed by atoms with E-state index in [0.717, 1.165) is 4.57 Å². The van der Waals surface area contributed by atoms with Crippen LogP contribution in [0.3, 0.4) is 0 Å². The van der Waals surface area contributed by atoms with E-state index in [-0.39, 0.29) is 9.40 Å². The first kappa shape index (κ1) is 17.5. The van der Waals surface area contributed by atoms with Crippen molar-refractivity contribution in [1.29, 1.82) is 0 Å². The SMILES string of the molecule is [2H]c1c([2H])c(-n2c3c([2H])c([2H])c([2H])c([2H])c3c3c([2H])c([2H])c([2H])c([2H])c32)c(-c2nc(-n3c4c([2H])c([2H])c([2H])c([2H])c4c4c([2H])c([2H])c([2H])c([2H])c43)nc(-n3c4c([2H])c([2H])c([2H])c([2H])c4c4c([2H])c([2H])c([2H])c([2H])c43)n2)c(-n2c3c([2H])c([2H])c([2H])c([2H])c3c3c([2H])c([2H])c4sc5c([2H])c([2H])c([2H])c([2H])c5c4c32)c1[2H]. The van der Waals surface area contributed by atoms with Crippen molar-refractivity contribution in [2.45, 2.75) is 0 Å². The van der Waals surface area contributed by atoms with Crippen LogP contribution < -0.4 is 0 Å². The number of hydrogen-bond acceptors (Lipinski definition) is 4. The van der Waals surface area contributed by atoms with E-state index in [0.29, 0.717) is 25.0 Å². The van der Waals surface area contributed by atoms with E-state index >= 15 is 0 Å². The predicted molar refractivity (Wildman–Crippen MR) is 296 cm³/mol. The van der Waals surface area contributed by atoms with Crippen molar-refractivity contribution in [2.24, 2.45) is 0 Å². The molecule has 0 radical (unpaired) electrons. The van der Waals surface area contributed by atoms with Crippen molar-refractivity contribution in [3.63, 3.8) is 0 Å². The Balaban J connectivity index is 1.30. The van der Waals surface area contributed by atoms with Gasteiger partial charge in [-0.2, -0.15) is 15.0 Å². The molecular weight excluding hydrogens is 887 g/mol. The predicted octanol–water partition coefficient (Wildman–Crippen LogP) is 16.3. The van der Waals surface area contributed by atoms with Crippen LogP contribution in [0.1, 0.15) is 50.7 Å². The van der Waals surface area contributed by atoms with Crippen LogP contribution in [0.4, 0.5) is 0 Å². The van der Waals surface area contributed by atoms with Crippen molar-refractivity contribution in [3.05, 3.63) is 224 Å². The second kappa shape index (κ2) is 14.6. The highest BCUT2D eigenvalue weighted by molar-refractivity contribution is 7.26. The van der Waals surface area contributed by atoms with E-state index in [2.05, 4.69) is 0 Å². The van der Waals surface area contributed by atoms with Gasteiger partial charge in [-0.1, -0.05) is 157 Å². The smallest absolute Gasteiger partial charge is 0.240 e. The third-order valence-electron chi connectivity index (χ3n) is 12.1. The van der Waals surface area contributed by atoms with Gasteiger partial charge in [0.25, 0.3) is 0 Å². The van der Waals surface area contributed by atoms with E-state index < -0.39 is 356 Å². The monoisotopic (exact) mass is 961 g/mol. The number of rotatable bonds is 5. The molecule has 7 nitrogen and oxygen atoms in total. The average molecular weight is 961 g/mol. The molecule has 0 unspecified atom stereocenters. The zero-order chi connectivity index (χ0) is 78.5. The molecule has 10 aromatic carbocycles. The summed E-state index contributed by atoms with van der Waals surface area (Å²) < 4.78 is 351. The summed E-state index contributed by atoms with van der Waals surface area (Å²) in [4.78, 5) is 14.6. The summed E-state index contributed by atoms with van der Waals surface area (Å²) in [6, 6.07) is -37.3. The third-order valence-corrected chi connectivity index (χ3v) is 13.1. The van der Waals surface area contributed by atoms with Crippen LogP contribution in [0.2, 0.25) is 0 Å². The van der Waals surface area contributed by atoms with Gasteiger partial charge in [-0.15, -0.1) is 11.3 Å². The molecular formula is C63H37N7S. The molecule has 0 fully saturated rings. The highest BCUT2D eigenvalue weighted by Gasteiger charge is 2.28. The Morgan fingerprint density at radius 3 is 1.13 bits per heavy atom. The minimum absolute atomic E-state index is 0.299. The molecule has 6 heterocycles. The number of hydrogen-bond donors (Lipinski definition) is 0. The lowest BCUT2D eigenvalue weighted by molar-refractivity contribution is 0.891. The van der Waals surface area contributed by atoms with E-state index in [1.807, 2.05) is 0 Å². The molecule has 6 aromatic heterocycles. The lowest BCUT2D eigenvalue weighted by atomic mass is 10.1. The molecule has 0 bridgehead atoms. The second-order valence-corrected chi connectivity index (χ2v) is 16.6. The van der Waals surface area contributed by atoms with E-state index in [1.165, 1.54) is 0 Å². The van der Waals surface area contributed by atoms with Crippen molar-refractivity contribution < 1.29 is 50.7 Å². The first-order valence-electron chi connectivity index (χ1n) is 39.4. The second-order valence-electron chi connectivity index (χ2n) is 15.6. The van der Waals surface area contributed by atoms with Crippen LogP contribution in [-0.4, -0.2) is 33.2 Å².